The number of ether oxygens (including phenoxy) is 4. The highest BCUT2D eigenvalue weighted by molar-refractivity contribution is 5.89. The Bertz CT molecular complexity index is 482. The van der Waals surface area contributed by atoms with Crippen LogP contribution in [0.3, 0.4) is 0 Å². The van der Waals surface area contributed by atoms with Gasteiger partial charge in [-0.15, -0.1) is 0 Å². The predicted octanol–water partition coefficient (Wildman–Crippen LogP) is 3.58. The molecule has 0 saturated heterocycles. The fraction of sp³-hybridized carbons (Fsp3) is 0.529. The molecule has 0 amide bonds. The lowest BCUT2D eigenvalue weighted by molar-refractivity contribution is -0.0103. The van der Waals surface area contributed by atoms with Crippen LogP contribution in [0.25, 0.3) is 0 Å². The third-order valence-corrected chi connectivity index (χ3v) is 3.16. The molecule has 6 nitrogen and oxygen atoms in total. The number of hydrogen-bond donors (Lipinski definition) is 0. The van der Waals surface area contributed by atoms with Crippen LogP contribution in [-0.2, 0) is 14.2 Å². The van der Waals surface area contributed by atoms with E-state index in [4.69, 9.17) is 14.2 Å². The maximum Gasteiger partial charge on any atom is 0.513 e. The lowest BCUT2D eigenvalue weighted by Crippen LogP contribution is -2.22. The summed E-state index contributed by atoms with van der Waals surface area (Å²) < 4.78 is 20.1. The first kappa shape index (κ1) is 19.0. The molecule has 128 valence electrons. The lowest BCUT2D eigenvalue weighted by Gasteiger charge is -2.16. The number of methoxy groups -OCH3 is 1. The zero-order chi connectivity index (χ0) is 17.1. The molecule has 6 heteroatoms. The van der Waals surface area contributed by atoms with Crippen molar-refractivity contribution >= 4 is 12.1 Å². The quantitative estimate of drug-likeness (QED) is 0.393. The molecule has 0 bridgehead atoms. The van der Waals surface area contributed by atoms with Gasteiger partial charge in [0.05, 0.1) is 18.8 Å². The summed E-state index contributed by atoms with van der Waals surface area (Å²) in [7, 11) is 1.22. The second kappa shape index (κ2) is 10.6. The van der Waals surface area contributed by atoms with Gasteiger partial charge in [-0.25, -0.2) is 9.59 Å². The van der Waals surface area contributed by atoms with E-state index in [1.807, 2.05) is 6.92 Å². The average Bonchev–Trinajstić information content (AvgIpc) is 2.58. The van der Waals surface area contributed by atoms with Crippen molar-refractivity contribution < 1.29 is 28.5 Å². The van der Waals surface area contributed by atoms with E-state index < -0.39 is 12.1 Å². The molecule has 0 aliphatic carbocycles. The van der Waals surface area contributed by atoms with Crippen molar-refractivity contribution in [1.29, 1.82) is 0 Å². The third kappa shape index (κ3) is 7.15. The van der Waals surface area contributed by atoms with E-state index in [9.17, 15) is 9.59 Å². The van der Waals surface area contributed by atoms with Crippen LogP contribution in [0.15, 0.2) is 24.3 Å². The van der Waals surface area contributed by atoms with Crippen LogP contribution in [0.4, 0.5) is 4.79 Å². The third-order valence-electron chi connectivity index (χ3n) is 3.16. The molecule has 1 atom stereocenters. The molecule has 0 saturated carbocycles. The number of carbonyl (C=O) groups is 2. The number of benzene rings is 1. The Morgan fingerprint density at radius 1 is 1.13 bits per heavy atom. The van der Waals surface area contributed by atoms with Crippen molar-refractivity contribution in [2.24, 2.45) is 0 Å². The van der Waals surface area contributed by atoms with Gasteiger partial charge in [-0.1, -0.05) is 20.3 Å². The summed E-state index contributed by atoms with van der Waals surface area (Å²) >= 11 is 0. The normalized spacial score (nSPS) is 11.6. The van der Waals surface area contributed by atoms with Crippen LogP contribution >= 0.6 is 0 Å². The second-order valence-corrected chi connectivity index (χ2v) is 4.93. The van der Waals surface area contributed by atoms with Crippen LogP contribution in [-0.4, -0.2) is 38.6 Å². The van der Waals surface area contributed by atoms with Crippen LogP contribution in [0, 0.1) is 0 Å². The molecular weight excluding hydrogens is 300 g/mol. The number of rotatable bonds is 9. The number of carbonyl (C=O) groups excluding carboxylic acids is 2. The SMILES string of the molecule is CCCCO[C@@H](CC)COC(=O)c1ccc(OC(=O)OC)cc1. The molecule has 0 heterocycles. The Morgan fingerprint density at radius 2 is 1.83 bits per heavy atom. The van der Waals surface area contributed by atoms with Gasteiger partial charge in [-0.3, -0.25) is 0 Å². The molecule has 0 fully saturated rings. The molecule has 1 rings (SSSR count). The Balaban J connectivity index is 2.46. The van der Waals surface area contributed by atoms with Crippen molar-refractivity contribution in [3.8, 4) is 5.75 Å². The molecule has 1 aromatic carbocycles. The maximum atomic E-state index is 12.0. The van der Waals surface area contributed by atoms with E-state index in [1.54, 1.807) is 0 Å². The Kier molecular flexibility index (Phi) is 8.75. The van der Waals surface area contributed by atoms with Gasteiger partial charge in [0.25, 0.3) is 0 Å². The second-order valence-electron chi connectivity index (χ2n) is 4.93. The molecule has 0 aliphatic heterocycles. The molecular formula is C17H24O6. The standard InChI is InChI=1S/C17H24O6/c1-4-6-11-21-14(5-2)12-22-16(18)13-7-9-15(10-8-13)23-17(19)20-3/h7-10,14H,4-6,11-12H2,1-3H3/t14-/m0/s1. The van der Waals surface area contributed by atoms with E-state index in [1.165, 1.54) is 31.4 Å². The largest absolute Gasteiger partial charge is 0.513 e. The molecule has 0 aromatic heterocycles. The van der Waals surface area contributed by atoms with Crippen molar-refractivity contribution in [3.05, 3.63) is 29.8 Å². The zero-order valence-corrected chi connectivity index (χ0v) is 13.9. The molecule has 1 aromatic rings. The molecule has 0 unspecified atom stereocenters. The fourth-order valence-electron chi connectivity index (χ4n) is 1.73. The van der Waals surface area contributed by atoms with E-state index in [0.29, 0.717) is 17.9 Å². The van der Waals surface area contributed by atoms with Crippen molar-refractivity contribution in [2.75, 3.05) is 20.3 Å². The number of hydrogen-bond acceptors (Lipinski definition) is 6. The summed E-state index contributed by atoms with van der Waals surface area (Å²) in [4.78, 5) is 22.9. The highest BCUT2D eigenvalue weighted by atomic mass is 16.7. The van der Waals surface area contributed by atoms with Gasteiger partial charge in [0.1, 0.15) is 12.4 Å². The summed E-state index contributed by atoms with van der Waals surface area (Å²) in [5.41, 5.74) is 0.380. The summed E-state index contributed by atoms with van der Waals surface area (Å²) in [5.74, 6) is -0.144. The molecule has 0 aliphatic rings. The van der Waals surface area contributed by atoms with Crippen LogP contribution in [0.1, 0.15) is 43.5 Å². The van der Waals surface area contributed by atoms with Gasteiger partial charge in [0.15, 0.2) is 0 Å². The van der Waals surface area contributed by atoms with Gasteiger partial charge in [-0.2, -0.15) is 0 Å². The topological polar surface area (TPSA) is 71.1 Å². The van der Waals surface area contributed by atoms with Crippen molar-refractivity contribution in [2.45, 2.75) is 39.2 Å². The average molecular weight is 324 g/mol. The van der Waals surface area contributed by atoms with Crippen LogP contribution in [0.5, 0.6) is 5.75 Å². The van der Waals surface area contributed by atoms with Gasteiger partial charge < -0.3 is 18.9 Å². The Morgan fingerprint density at radius 3 is 2.39 bits per heavy atom. The van der Waals surface area contributed by atoms with E-state index >= 15 is 0 Å². The summed E-state index contributed by atoms with van der Waals surface area (Å²) in [6, 6.07) is 6.06. The van der Waals surface area contributed by atoms with Crippen molar-refractivity contribution in [1.82, 2.24) is 0 Å². The molecule has 0 spiro atoms. The van der Waals surface area contributed by atoms with Gasteiger partial charge >= 0.3 is 12.1 Å². The van der Waals surface area contributed by atoms with Crippen molar-refractivity contribution in [3.63, 3.8) is 0 Å². The highest BCUT2D eigenvalue weighted by Gasteiger charge is 2.13. The first-order chi connectivity index (χ1) is 11.1. The Hall–Kier alpha value is -2.08. The fourth-order valence-corrected chi connectivity index (χ4v) is 1.73. The van der Waals surface area contributed by atoms with E-state index in [2.05, 4.69) is 11.7 Å². The van der Waals surface area contributed by atoms with Crippen LogP contribution in [0.2, 0.25) is 0 Å². The monoisotopic (exact) mass is 324 g/mol. The molecule has 0 radical (unpaired) electrons. The molecule has 0 N–H and O–H groups in total. The summed E-state index contributed by atoms with van der Waals surface area (Å²) in [6.07, 6.45) is 1.94. The number of esters is 1. The minimum absolute atomic E-state index is 0.0903. The Labute approximate surface area is 136 Å². The van der Waals surface area contributed by atoms with E-state index in [-0.39, 0.29) is 12.7 Å². The molecule has 23 heavy (non-hydrogen) atoms. The first-order valence-corrected chi connectivity index (χ1v) is 7.75. The van der Waals surface area contributed by atoms with E-state index in [0.717, 1.165) is 19.3 Å². The minimum Gasteiger partial charge on any atom is -0.459 e. The van der Waals surface area contributed by atoms with Gasteiger partial charge in [0.2, 0.25) is 0 Å². The number of unbranched alkanes of at least 4 members (excludes halogenated alkanes) is 1. The van der Waals surface area contributed by atoms with Gasteiger partial charge in [0, 0.05) is 6.61 Å². The summed E-state index contributed by atoms with van der Waals surface area (Å²) in [5, 5.41) is 0. The highest BCUT2D eigenvalue weighted by Crippen LogP contribution is 2.14. The predicted molar refractivity (Wildman–Crippen MR) is 84.7 cm³/mol. The zero-order valence-electron chi connectivity index (χ0n) is 13.9. The smallest absolute Gasteiger partial charge is 0.459 e. The summed E-state index contributed by atoms with van der Waals surface area (Å²) in [6.45, 7) is 4.98. The lowest BCUT2D eigenvalue weighted by atomic mass is 10.2. The maximum absolute atomic E-state index is 12.0. The van der Waals surface area contributed by atoms with Gasteiger partial charge in [-0.05, 0) is 37.1 Å². The minimum atomic E-state index is -0.810. The van der Waals surface area contributed by atoms with Crippen LogP contribution < -0.4 is 4.74 Å². The first-order valence-electron chi connectivity index (χ1n) is 7.75.